The van der Waals surface area contributed by atoms with Crippen molar-refractivity contribution in [3.63, 3.8) is 0 Å². The maximum atomic E-state index is 3.44. The molecule has 1 fully saturated rings. The zero-order chi connectivity index (χ0) is 12.1. The van der Waals surface area contributed by atoms with Crippen molar-refractivity contribution >= 4 is 0 Å². The van der Waals surface area contributed by atoms with Gasteiger partial charge in [-0.05, 0) is 49.8 Å². The van der Waals surface area contributed by atoms with Crippen LogP contribution in [0.3, 0.4) is 0 Å². The first-order valence-electron chi connectivity index (χ1n) is 7.09. The molecule has 2 unspecified atom stereocenters. The van der Waals surface area contributed by atoms with Crippen molar-refractivity contribution in [2.24, 2.45) is 0 Å². The molecular formula is C16H25N. The van der Waals surface area contributed by atoms with Crippen LogP contribution in [0.4, 0.5) is 0 Å². The van der Waals surface area contributed by atoms with Gasteiger partial charge in [0.15, 0.2) is 0 Å². The molecule has 0 saturated heterocycles. The second-order valence-electron chi connectivity index (χ2n) is 5.34. The number of hydrogen-bond donors (Lipinski definition) is 1. The van der Waals surface area contributed by atoms with Crippen LogP contribution in [-0.2, 0) is 6.42 Å². The number of rotatable bonds is 4. The molecule has 1 aliphatic rings. The summed E-state index contributed by atoms with van der Waals surface area (Å²) in [6.45, 7) is 2.25. The fourth-order valence-electron chi connectivity index (χ4n) is 3.05. The summed E-state index contributed by atoms with van der Waals surface area (Å²) in [5.74, 6) is 0.776. The second-order valence-corrected chi connectivity index (χ2v) is 5.34. The Kier molecular flexibility index (Phi) is 4.61. The maximum Gasteiger partial charge on any atom is 0.00698 e. The van der Waals surface area contributed by atoms with Crippen LogP contribution in [0.25, 0.3) is 0 Å². The third-order valence-corrected chi connectivity index (χ3v) is 4.04. The molecule has 0 heterocycles. The van der Waals surface area contributed by atoms with Crippen LogP contribution in [0, 0.1) is 0 Å². The molecule has 1 aromatic rings. The molecule has 1 saturated carbocycles. The Balaban J connectivity index is 2.07. The van der Waals surface area contributed by atoms with E-state index in [1.807, 2.05) is 0 Å². The van der Waals surface area contributed by atoms with E-state index in [1.54, 1.807) is 5.56 Å². The van der Waals surface area contributed by atoms with E-state index < -0.39 is 0 Å². The lowest BCUT2D eigenvalue weighted by molar-refractivity contribution is 0.355. The molecule has 1 aliphatic carbocycles. The monoisotopic (exact) mass is 231 g/mol. The predicted octanol–water partition coefficient (Wildman–Crippen LogP) is 3.88. The van der Waals surface area contributed by atoms with Crippen molar-refractivity contribution in [3.8, 4) is 0 Å². The molecular weight excluding hydrogens is 206 g/mol. The van der Waals surface area contributed by atoms with Crippen LogP contribution < -0.4 is 5.32 Å². The highest BCUT2D eigenvalue weighted by Crippen LogP contribution is 2.33. The Bertz CT molecular complexity index is 345. The third-order valence-electron chi connectivity index (χ3n) is 4.04. The molecule has 0 bridgehead atoms. The van der Waals surface area contributed by atoms with E-state index in [9.17, 15) is 0 Å². The van der Waals surface area contributed by atoms with Crippen LogP contribution in [0.5, 0.6) is 0 Å². The molecule has 0 amide bonds. The quantitative estimate of drug-likeness (QED) is 0.829. The van der Waals surface area contributed by atoms with Crippen LogP contribution in [0.1, 0.15) is 56.1 Å². The highest BCUT2D eigenvalue weighted by Gasteiger charge is 2.21. The van der Waals surface area contributed by atoms with E-state index in [0.717, 1.165) is 12.0 Å². The molecule has 0 spiro atoms. The fourth-order valence-corrected chi connectivity index (χ4v) is 3.05. The lowest BCUT2D eigenvalue weighted by Gasteiger charge is -2.29. The van der Waals surface area contributed by atoms with Gasteiger partial charge in [-0.1, -0.05) is 44.0 Å². The van der Waals surface area contributed by atoms with Crippen molar-refractivity contribution in [2.45, 2.75) is 57.4 Å². The van der Waals surface area contributed by atoms with E-state index in [-0.39, 0.29) is 0 Å². The molecule has 94 valence electrons. The lowest BCUT2D eigenvalue weighted by Crippen LogP contribution is -2.30. The molecule has 0 aliphatic heterocycles. The summed E-state index contributed by atoms with van der Waals surface area (Å²) in [4.78, 5) is 0. The number of hydrogen-bond acceptors (Lipinski definition) is 1. The fraction of sp³-hybridized carbons (Fsp3) is 0.625. The average molecular weight is 231 g/mol. The average Bonchev–Trinajstić information content (AvgIpc) is 2.40. The lowest BCUT2D eigenvalue weighted by atomic mass is 9.81. The Morgan fingerprint density at radius 1 is 1.29 bits per heavy atom. The second kappa shape index (κ2) is 6.20. The zero-order valence-corrected chi connectivity index (χ0v) is 11.2. The zero-order valence-electron chi connectivity index (χ0n) is 11.2. The van der Waals surface area contributed by atoms with Crippen molar-refractivity contribution < 1.29 is 0 Å². The largest absolute Gasteiger partial charge is 0.317 e. The topological polar surface area (TPSA) is 12.0 Å². The van der Waals surface area contributed by atoms with Gasteiger partial charge >= 0.3 is 0 Å². The smallest absolute Gasteiger partial charge is 0.00698 e. The van der Waals surface area contributed by atoms with Crippen molar-refractivity contribution in [1.29, 1.82) is 0 Å². The van der Waals surface area contributed by atoms with Crippen molar-refractivity contribution in [2.75, 3.05) is 7.05 Å². The highest BCUT2D eigenvalue weighted by atomic mass is 14.9. The molecule has 1 aromatic carbocycles. The molecule has 1 nitrogen and oxygen atoms in total. The van der Waals surface area contributed by atoms with Crippen LogP contribution >= 0.6 is 0 Å². The Hall–Kier alpha value is -0.820. The normalized spacial score (nSPS) is 24.8. The Morgan fingerprint density at radius 2 is 2.18 bits per heavy atom. The van der Waals surface area contributed by atoms with Crippen molar-refractivity contribution in [3.05, 3.63) is 35.4 Å². The van der Waals surface area contributed by atoms with E-state index in [1.165, 1.54) is 44.1 Å². The summed E-state index contributed by atoms with van der Waals surface area (Å²) in [6.07, 6.45) is 7.86. The minimum Gasteiger partial charge on any atom is -0.317 e. The standard InChI is InChI=1S/C16H25N/c1-3-6-13-7-4-8-14(11-13)15-9-5-10-16(12-15)17-2/h4,7-8,11,15-17H,3,5-6,9-10,12H2,1-2H3. The molecule has 0 radical (unpaired) electrons. The summed E-state index contributed by atoms with van der Waals surface area (Å²) in [5.41, 5.74) is 3.08. The van der Waals surface area contributed by atoms with Gasteiger partial charge in [0.2, 0.25) is 0 Å². The number of benzene rings is 1. The van der Waals surface area contributed by atoms with Gasteiger partial charge in [-0.15, -0.1) is 0 Å². The highest BCUT2D eigenvalue weighted by molar-refractivity contribution is 5.27. The summed E-state index contributed by atoms with van der Waals surface area (Å²) in [6, 6.07) is 9.99. The molecule has 2 rings (SSSR count). The Labute approximate surface area is 106 Å². The van der Waals surface area contributed by atoms with Gasteiger partial charge in [0, 0.05) is 6.04 Å². The number of nitrogens with one attached hydrogen (secondary N) is 1. The predicted molar refractivity (Wildman–Crippen MR) is 74.5 cm³/mol. The van der Waals surface area contributed by atoms with E-state index in [2.05, 4.69) is 43.6 Å². The molecule has 0 aromatic heterocycles. The summed E-state index contributed by atoms with van der Waals surface area (Å²) < 4.78 is 0. The molecule has 2 atom stereocenters. The van der Waals surface area contributed by atoms with Crippen molar-refractivity contribution in [1.82, 2.24) is 5.32 Å². The van der Waals surface area contributed by atoms with E-state index in [0.29, 0.717) is 0 Å². The van der Waals surface area contributed by atoms with Crippen LogP contribution in [0.15, 0.2) is 24.3 Å². The summed E-state index contributed by atoms with van der Waals surface area (Å²) in [7, 11) is 2.10. The van der Waals surface area contributed by atoms with Gasteiger partial charge in [0.05, 0.1) is 0 Å². The van der Waals surface area contributed by atoms with Gasteiger partial charge < -0.3 is 5.32 Å². The van der Waals surface area contributed by atoms with Crippen LogP contribution in [0.2, 0.25) is 0 Å². The van der Waals surface area contributed by atoms with Gasteiger partial charge in [-0.25, -0.2) is 0 Å². The van der Waals surface area contributed by atoms with Gasteiger partial charge in [0.1, 0.15) is 0 Å². The van der Waals surface area contributed by atoms with Crippen LogP contribution in [-0.4, -0.2) is 13.1 Å². The third kappa shape index (κ3) is 3.32. The molecule has 1 N–H and O–H groups in total. The SMILES string of the molecule is CCCc1cccc(C2CCCC(NC)C2)c1. The molecule has 17 heavy (non-hydrogen) atoms. The first-order chi connectivity index (χ1) is 8.33. The minimum atomic E-state index is 0.726. The first-order valence-corrected chi connectivity index (χ1v) is 7.09. The summed E-state index contributed by atoms with van der Waals surface area (Å²) >= 11 is 0. The van der Waals surface area contributed by atoms with Gasteiger partial charge in [-0.2, -0.15) is 0 Å². The van der Waals surface area contributed by atoms with Gasteiger partial charge in [0.25, 0.3) is 0 Å². The summed E-state index contributed by atoms with van der Waals surface area (Å²) in [5, 5.41) is 3.44. The molecule has 1 heteroatoms. The van der Waals surface area contributed by atoms with E-state index >= 15 is 0 Å². The minimum absolute atomic E-state index is 0.726. The van der Waals surface area contributed by atoms with Gasteiger partial charge in [-0.3, -0.25) is 0 Å². The Morgan fingerprint density at radius 3 is 2.94 bits per heavy atom. The van der Waals surface area contributed by atoms with E-state index in [4.69, 9.17) is 0 Å². The maximum absolute atomic E-state index is 3.44. The number of aryl methyl sites for hydroxylation is 1. The first kappa shape index (κ1) is 12.6.